The summed E-state index contributed by atoms with van der Waals surface area (Å²) >= 11 is 7.50. The molecular formula is C15H18Cl2N2OS. The fourth-order valence-electron chi connectivity index (χ4n) is 1.90. The second kappa shape index (κ2) is 8.39. The Labute approximate surface area is 139 Å². The molecule has 0 aliphatic heterocycles. The van der Waals surface area contributed by atoms with Gasteiger partial charge < -0.3 is 11.1 Å². The maximum absolute atomic E-state index is 12.0. The summed E-state index contributed by atoms with van der Waals surface area (Å²) in [5.74, 6) is -0.0418. The van der Waals surface area contributed by atoms with Gasteiger partial charge >= 0.3 is 0 Å². The van der Waals surface area contributed by atoms with Crippen LogP contribution in [0.25, 0.3) is 10.4 Å². The molecule has 3 nitrogen and oxygen atoms in total. The van der Waals surface area contributed by atoms with E-state index >= 15 is 0 Å². The van der Waals surface area contributed by atoms with Crippen molar-refractivity contribution in [2.45, 2.75) is 13.3 Å². The van der Waals surface area contributed by atoms with Crippen molar-refractivity contribution in [3.05, 3.63) is 45.8 Å². The molecule has 114 valence electrons. The van der Waals surface area contributed by atoms with Crippen LogP contribution < -0.4 is 11.1 Å². The first-order valence-electron chi connectivity index (χ1n) is 6.46. The Hall–Kier alpha value is -1.07. The van der Waals surface area contributed by atoms with Gasteiger partial charge in [-0.2, -0.15) is 0 Å². The lowest BCUT2D eigenvalue weighted by Gasteiger charge is -2.01. The van der Waals surface area contributed by atoms with Crippen molar-refractivity contribution in [3.8, 4) is 10.4 Å². The highest BCUT2D eigenvalue weighted by Crippen LogP contribution is 2.33. The molecule has 0 spiro atoms. The lowest BCUT2D eigenvalue weighted by molar-refractivity contribution is 0.0957. The zero-order valence-electron chi connectivity index (χ0n) is 11.7. The second-order valence-corrected chi connectivity index (χ2v) is 6.02. The highest BCUT2D eigenvalue weighted by molar-refractivity contribution is 7.17. The minimum absolute atomic E-state index is 0. The molecule has 0 fully saturated rings. The standard InChI is InChI=1S/C15H17ClN2OS.ClH/c1-10-8-13(15(19)18-7-3-6-17)20-14(10)11-4-2-5-12(16)9-11;/h2,4-5,8-9H,3,6-7,17H2,1H3,(H,18,19);1H. The average molecular weight is 345 g/mol. The normalized spacial score (nSPS) is 10.0. The van der Waals surface area contributed by atoms with Crippen molar-refractivity contribution < 1.29 is 4.79 Å². The molecule has 0 bridgehead atoms. The number of aryl methyl sites for hydroxylation is 1. The number of amides is 1. The summed E-state index contributed by atoms with van der Waals surface area (Å²) in [5, 5.41) is 3.57. The van der Waals surface area contributed by atoms with Gasteiger partial charge in [0.2, 0.25) is 0 Å². The topological polar surface area (TPSA) is 55.1 Å². The van der Waals surface area contributed by atoms with Gasteiger partial charge in [-0.15, -0.1) is 23.7 Å². The first-order valence-corrected chi connectivity index (χ1v) is 7.66. The van der Waals surface area contributed by atoms with Gasteiger partial charge in [-0.05, 0) is 49.2 Å². The van der Waals surface area contributed by atoms with E-state index in [-0.39, 0.29) is 18.3 Å². The minimum atomic E-state index is -0.0418. The van der Waals surface area contributed by atoms with Gasteiger partial charge in [-0.1, -0.05) is 23.7 Å². The monoisotopic (exact) mass is 344 g/mol. The van der Waals surface area contributed by atoms with Crippen molar-refractivity contribution in [2.24, 2.45) is 5.73 Å². The predicted molar refractivity (Wildman–Crippen MR) is 92.8 cm³/mol. The molecule has 0 atom stereocenters. The lowest BCUT2D eigenvalue weighted by Crippen LogP contribution is -2.25. The highest BCUT2D eigenvalue weighted by atomic mass is 35.5. The Balaban J connectivity index is 0.00000220. The Morgan fingerprint density at radius 3 is 2.81 bits per heavy atom. The Kier molecular flexibility index (Phi) is 7.18. The Bertz CT molecular complexity index is 613. The molecule has 1 aromatic carbocycles. The van der Waals surface area contributed by atoms with E-state index in [9.17, 15) is 4.79 Å². The van der Waals surface area contributed by atoms with Crippen molar-refractivity contribution in [1.29, 1.82) is 0 Å². The SMILES string of the molecule is Cc1cc(C(=O)NCCCN)sc1-c1cccc(Cl)c1.Cl. The fraction of sp³-hybridized carbons (Fsp3) is 0.267. The van der Waals surface area contributed by atoms with Gasteiger partial charge in [0.15, 0.2) is 0 Å². The molecule has 6 heteroatoms. The number of carbonyl (C=O) groups excluding carboxylic acids is 1. The zero-order chi connectivity index (χ0) is 14.5. The van der Waals surface area contributed by atoms with Gasteiger partial charge in [0.1, 0.15) is 0 Å². The quantitative estimate of drug-likeness (QED) is 0.808. The maximum Gasteiger partial charge on any atom is 0.261 e. The van der Waals surface area contributed by atoms with Gasteiger partial charge in [0.05, 0.1) is 4.88 Å². The lowest BCUT2D eigenvalue weighted by atomic mass is 10.1. The van der Waals surface area contributed by atoms with Gasteiger partial charge in [-0.3, -0.25) is 4.79 Å². The highest BCUT2D eigenvalue weighted by Gasteiger charge is 2.13. The van der Waals surface area contributed by atoms with Crippen LogP contribution in [-0.2, 0) is 0 Å². The number of nitrogens with one attached hydrogen (secondary N) is 1. The molecule has 2 rings (SSSR count). The zero-order valence-corrected chi connectivity index (χ0v) is 14.1. The fourth-order valence-corrected chi connectivity index (χ4v) is 3.18. The molecule has 1 heterocycles. The van der Waals surface area contributed by atoms with Crippen LogP contribution in [0.4, 0.5) is 0 Å². The van der Waals surface area contributed by atoms with Crippen LogP contribution in [-0.4, -0.2) is 19.0 Å². The molecule has 21 heavy (non-hydrogen) atoms. The summed E-state index contributed by atoms with van der Waals surface area (Å²) in [5.41, 5.74) is 7.54. The molecule has 0 radical (unpaired) electrons. The van der Waals surface area contributed by atoms with Gasteiger partial charge in [-0.25, -0.2) is 0 Å². The van der Waals surface area contributed by atoms with E-state index in [0.29, 0.717) is 18.1 Å². The molecule has 3 N–H and O–H groups in total. The number of hydrogen-bond acceptors (Lipinski definition) is 3. The number of carbonyl (C=O) groups is 1. The van der Waals surface area contributed by atoms with Crippen LogP contribution in [0.15, 0.2) is 30.3 Å². The first-order chi connectivity index (χ1) is 9.61. The number of halogens is 2. The number of hydrogen-bond donors (Lipinski definition) is 2. The first kappa shape index (κ1) is 18.0. The number of thiophene rings is 1. The molecule has 0 saturated carbocycles. The summed E-state index contributed by atoms with van der Waals surface area (Å²) in [6.45, 7) is 3.19. The molecule has 1 aromatic heterocycles. The number of benzene rings is 1. The van der Waals surface area contributed by atoms with Crippen LogP contribution in [0.5, 0.6) is 0 Å². The number of rotatable bonds is 5. The van der Waals surface area contributed by atoms with Crippen LogP contribution in [0.3, 0.4) is 0 Å². The van der Waals surface area contributed by atoms with Crippen LogP contribution in [0.1, 0.15) is 21.7 Å². The van der Waals surface area contributed by atoms with E-state index in [1.54, 1.807) is 0 Å². The molecular weight excluding hydrogens is 327 g/mol. The molecule has 0 unspecified atom stereocenters. The van der Waals surface area contributed by atoms with Crippen molar-refractivity contribution >= 4 is 41.3 Å². The molecule has 0 aliphatic carbocycles. The van der Waals surface area contributed by atoms with E-state index in [1.807, 2.05) is 37.3 Å². The van der Waals surface area contributed by atoms with Gasteiger partial charge in [0.25, 0.3) is 5.91 Å². The van der Waals surface area contributed by atoms with E-state index in [1.165, 1.54) is 11.3 Å². The third-order valence-electron chi connectivity index (χ3n) is 2.89. The second-order valence-electron chi connectivity index (χ2n) is 4.53. The molecule has 0 aliphatic rings. The smallest absolute Gasteiger partial charge is 0.261 e. The largest absolute Gasteiger partial charge is 0.351 e. The Morgan fingerprint density at radius 1 is 1.38 bits per heavy atom. The van der Waals surface area contributed by atoms with E-state index in [4.69, 9.17) is 17.3 Å². The number of nitrogens with two attached hydrogens (primary N) is 1. The van der Waals surface area contributed by atoms with E-state index < -0.39 is 0 Å². The average Bonchev–Trinajstić information content (AvgIpc) is 2.81. The summed E-state index contributed by atoms with van der Waals surface area (Å²) in [6.07, 6.45) is 0.789. The molecule has 0 saturated heterocycles. The van der Waals surface area contributed by atoms with E-state index in [0.717, 1.165) is 27.3 Å². The van der Waals surface area contributed by atoms with Crippen LogP contribution >= 0.6 is 35.3 Å². The van der Waals surface area contributed by atoms with Crippen LogP contribution in [0, 0.1) is 6.92 Å². The summed E-state index contributed by atoms with van der Waals surface area (Å²) in [4.78, 5) is 13.8. The predicted octanol–water partition coefficient (Wildman–Crippen LogP) is 3.88. The summed E-state index contributed by atoms with van der Waals surface area (Å²) in [6, 6.07) is 9.59. The molecule has 1 amide bonds. The van der Waals surface area contributed by atoms with E-state index in [2.05, 4.69) is 5.32 Å². The Morgan fingerprint density at radius 2 is 2.14 bits per heavy atom. The third kappa shape index (κ3) is 4.71. The van der Waals surface area contributed by atoms with Crippen molar-refractivity contribution in [3.63, 3.8) is 0 Å². The van der Waals surface area contributed by atoms with Crippen molar-refractivity contribution in [1.82, 2.24) is 5.32 Å². The van der Waals surface area contributed by atoms with Crippen LogP contribution in [0.2, 0.25) is 5.02 Å². The van der Waals surface area contributed by atoms with Gasteiger partial charge in [0, 0.05) is 16.4 Å². The maximum atomic E-state index is 12.0. The summed E-state index contributed by atoms with van der Waals surface area (Å²) in [7, 11) is 0. The van der Waals surface area contributed by atoms with Crippen molar-refractivity contribution in [2.75, 3.05) is 13.1 Å². The third-order valence-corrected chi connectivity index (χ3v) is 4.41. The minimum Gasteiger partial charge on any atom is -0.351 e. The summed E-state index contributed by atoms with van der Waals surface area (Å²) < 4.78 is 0. The molecule has 2 aromatic rings.